The summed E-state index contributed by atoms with van der Waals surface area (Å²) in [7, 11) is 0. The number of carbonyl (C=O) groups is 1. The van der Waals surface area contributed by atoms with E-state index in [2.05, 4.69) is 27.3 Å². The first-order valence-corrected chi connectivity index (χ1v) is 13.8. The number of thioether (sulfide) groups is 1. The van der Waals surface area contributed by atoms with Gasteiger partial charge in [-0.15, -0.1) is 0 Å². The number of aromatic nitrogens is 4. The Balaban J connectivity index is 1.11. The number of fused-ring (bicyclic) bond motifs is 1. The average Bonchev–Trinajstić information content (AvgIpc) is 3.18. The number of nitrogens with one attached hydrogen (secondary N) is 1. The molecule has 7 nitrogen and oxygen atoms in total. The zero-order valence-electron chi connectivity index (χ0n) is 20.5. The van der Waals surface area contributed by atoms with Gasteiger partial charge in [0.05, 0.1) is 22.5 Å². The first-order valence-electron chi connectivity index (χ1n) is 12.8. The molecule has 0 spiro atoms. The number of nitrogens with zero attached hydrogens (tertiary/aromatic N) is 4. The molecule has 0 unspecified atom stereocenters. The van der Waals surface area contributed by atoms with Crippen LogP contribution in [0.2, 0.25) is 0 Å². The monoisotopic (exact) mass is 491 g/mol. The van der Waals surface area contributed by atoms with Crippen LogP contribution in [0.15, 0.2) is 35.1 Å². The second-order valence-electron chi connectivity index (χ2n) is 10.9. The molecule has 0 radical (unpaired) electrons. The molecule has 184 valence electrons. The van der Waals surface area contributed by atoms with Crippen molar-refractivity contribution in [2.45, 2.75) is 63.7 Å². The Kier molecular flexibility index (Phi) is 5.74. The van der Waals surface area contributed by atoms with Gasteiger partial charge in [0.2, 0.25) is 5.91 Å². The maximum Gasteiger partial charge on any atom is 0.278 e. The van der Waals surface area contributed by atoms with Crippen molar-refractivity contribution in [3.8, 4) is 5.69 Å². The number of carbonyl (C=O) groups excluding carboxylic acids is 1. The maximum atomic E-state index is 13.2. The van der Waals surface area contributed by atoms with Crippen LogP contribution >= 0.6 is 11.8 Å². The zero-order valence-corrected chi connectivity index (χ0v) is 21.3. The van der Waals surface area contributed by atoms with Crippen molar-refractivity contribution >= 4 is 28.6 Å². The molecule has 4 saturated carbocycles. The Morgan fingerprint density at radius 2 is 1.71 bits per heavy atom. The number of hydrogen-bond donors (Lipinski definition) is 1. The minimum absolute atomic E-state index is 0.0758. The summed E-state index contributed by atoms with van der Waals surface area (Å²) in [5.41, 5.74) is 2.59. The van der Waals surface area contributed by atoms with Crippen LogP contribution in [-0.4, -0.2) is 42.5 Å². The largest absolute Gasteiger partial charge is 0.354 e. The lowest BCUT2D eigenvalue weighted by Gasteiger charge is -2.56. The third-order valence-electron chi connectivity index (χ3n) is 8.29. The molecule has 1 N–H and O–H groups in total. The fraction of sp³-hybridized carbons (Fsp3) is 0.556. The van der Waals surface area contributed by atoms with Gasteiger partial charge in [-0.3, -0.25) is 9.59 Å². The predicted molar refractivity (Wildman–Crippen MR) is 139 cm³/mol. The molecule has 1 aromatic carbocycles. The van der Waals surface area contributed by atoms with E-state index in [-0.39, 0.29) is 18.0 Å². The Hall–Kier alpha value is -2.61. The van der Waals surface area contributed by atoms with Gasteiger partial charge >= 0.3 is 0 Å². The van der Waals surface area contributed by atoms with Crippen LogP contribution in [0, 0.1) is 31.6 Å². The quantitative estimate of drug-likeness (QED) is 0.505. The lowest BCUT2D eigenvalue weighted by atomic mass is 9.56. The highest BCUT2D eigenvalue weighted by Crippen LogP contribution is 2.60. The first-order chi connectivity index (χ1) is 16.9. The molecule has 7 rings (SSSR count). The molecule has 0 aliphatic heterocycles. The van der Waals surface area contributed by atoms with E-state index in [1.165, 1.54) is 43.2 Å². The highest BCUT2D eigenvalue weighted by Gasteiger charge is 2.50. The molecule has 0 saturated heterocycles. The molecule has 35 heavy (non-hydrogen) atoms. The number of amides is 1. The van der Waals surface area contributed by atoms with E-state index in [0.717, 1.165) is 34.9 Å². The number of rotatable bonds is 7. The van der Waals surface area contributed by atoms with Crippen LogP contribution in [0.5, 0.6) is 0 Å². The van der Waals surface area contributed by atoms with Crippen molar-refractivity contribution in [2.75, 3.05) is 12.3 Å². The smallest absolute Gasteiger partial charge is 0.278 e. The van der Waals surface area contributed by atoms with Crippen LogP contribution < -0.4 is 10.9 Å². The zero-order chi connectivity index (χ0) is 24.2. The summed E-state index contributed by atoms with van der Waals surface area (Å²) >= 11 is 2.08. The number of para-hydroxylation sites is 1. The van der Waals surface area contributed by atoms with Crippen LogP contribution in [0.4, 0.5) is 0 Å². The summed E-state index contributed by atoms with van der Waals surface area (Å²) < 4.78 is 3.51. The van der Waals surface area contributed by atoms with Crippen LogP contribution in [-0.2, 0) is 11.3 Å². The lowest BCUT2D eigenvalue weighted by molar-refractivity contribution is -0.121. The van der Waals surface area contributed by atoms with Crippen molar-refractivity contribution < 1.29 is 4.79 Å². The minimum atomic E-state index is -0.275. The molecule has 4 aliphatic carbocycles. The number of aryl methyl sites for hydroxylation is 2. The van der Waals surface area contributed by atoms with E-state index in [9.17, 15) is 9.59 Å². The van der Waals surface area contributed by atoms with Gasteiger partial charge in [0.15, 0.2) is 0 Å². The van der Waals surface area contributed by atoms with Gasteiger partial charge < -0.3 is 5.32 Å². The van der Waals surface area contributed by atoms with Gasteiger partial charge in [-0.25, -0.2) is 9.36 Å². The molecule has 2 heterocycles. The van der Waals surface area contributed by atoms with Crippen molar-refractivity contribution in [3.63, 3.8) is 0 Å². The normalized spacial score (nSPS) is 27.0. The highest BCUT2D eigenvalue weighted by molar-refractivity contribution is 8.00. The molecule has 4 aliphatic rings. The molecular weight excluding hydrogens is 458 g/mol. The Morgan fingerprint density at radius 3 is 2.37 bits per heavy atom. The van der Waals surface area contributed by atoms with E-state index in [1.807, 2.05) is 44.2 Å². The third-order valence-corrected chi connectivity index (χ3v) is 9.81. The maximum absolute atomic E-state index is 13.2. The Bertz CT molecular complexity index is 1290. The topological polar surface area (TPSA) is 81.8 Å². The average molecular weight is 492 g/mol. The van der Waals surface area contributed by atoms with E-state index in [1.54, 1.807) is 4.68 Å². The van der Waals surface area contributed by atoms with Crippen molar-refractivity contribution in [2.24, 2.45) is 17.8 Å². The van der Waals surface area contributed by atoms with Gasteiger partial charge in [-0.05, 0) is 82.3 Å². The predicted octanol–water partition coefficient (Wildman–Crippen LogP) is 4.02. The summed E-state index contributed by atoms with van der Waals surface area (Å²) in [4.78, 5) is 25.9. The fourth-order valence-electron chi connectivity index (χ4n) is 7.20. The Labute approximate surface area is 209 Å². The van der Waals surface area contributed by atoms with Gasteiger partial charge in [-0.1, -0.05) is 18.2 Å². The second-order valence-corrected chi connectivity index (χ2v) is 12.5. The molecule has 4 fully saturated rings. The van der Waals surface area contributed by atoms with Crippen LogP contribution in [0.25, 0.3) is 16.6 Å². The summed E-state index contributed by atoms with van der Waals surface area (Å²) in [6.07, 6.45) is 8.45. The second kappa shape index (κ2) is 8.80. The fourth-order valence-corrected chi connectivity index (χ4v) is 8.90. The van der Waals surface area contributed by atoms with Gasteiger partial charge in [0.25, 0.3) is 5.56 Å². The van der Waals surface area contributed by atoms with E-state index in [0.29, 0.717) is 27.9 Å². The molecule has 2 aromatic heterocycles. The van der Waals surface area contributed by atoms with Crippen LogP contribution in [0.1, 0.15) is 49.9 Å². The van der Waals surface area contributed by atoms with Crippen molar-refractivity contribution in [1.82, 2.24) is 24.9 Å². The van der Waals surface area contributed by atoms with Crippen molar-refractivity contribution in [1.29, 1.82) is 0 Å². The summed E-state index contributed by atoms with van der Waals surface area (Å²) in [5, 5.41) is 12.6. The van der Waals surface area contributed by atoms with Gasteiger partial charge in [-0.2, -0.15) is 22.0 Å². The SMILES string of the molecule is Cc1nn(CC(=O)NCCSC23CC4CC(CC(C4)C2)C3)c(=O)c2c(C)n(-c3ccccc3)nc12. The van der Waals surface area contributed by atoms with Crippen molar-refractivity contribution in [3.05, 3.63) is 52.1 Å². The summed E-state index contributed by atoms with van der Waals surface area (Å²) in [6, 6.07) is 9.73. The molecule has 8 heteroatoms. The molecule has 1 amide bonds. The standard InChI is InChI=1S/C27H33N5O2S/c1-17-25-24(18(2)32(30-25)22-6-4-3-5-7-22)26(34)31(29-17)16-23(33)28-8-9-35-27-13-19-10-20(14-27)12-21(11-19)15-27/h3-7,19-21H,8-16H2,1-2H3,(H,28,33). The van der Waals surface area contributed by atoms with E-state index in [4.69, 9.17) is 0 Å². The van der Waals surface area contributed by atoms with E-state index >= 15 is 0 Å². The molecular formula is C27H33N5O2S. The highest BCUT2D eigenvalue weighted by atomic mass is 32.2. The molecule has 4 bridgehead atoms. The van der Waals surface area contributed by atoms with Gasteiger partial charge in [0, 0.05) is 17.0 Å². The third kappa shape index (κ3) is 4.20. The molecule has 0 atom stereocenters. The minimum Gasteiger partial charge on any atom is -0.354 e. The number of hydrogen-bond acceptors (Lipinski definition) is 5. The van der Waals surface area contributed by atoms with Gasteiger partial charge in [0.1, 0.15) is 12.1 Å². The summed E-state index contributed by atoms with van der Waals surface area (Å²) in [6.45, 7) is 4.27. The first kappa shape index (κ1) is 22.8. The summed E-state index contributed by atoms with van der Waals surface area (Å²) in [5.74, 6) is 3.58. The van der Waals surface area contributed by atoms with E-state index < -0.39 is 0 Å². The number of benzene rings is 1. The lowest BCUT2D eigenvalue weighted by Crippen LogP contribution is -2.49. The van der Waals surface area contributed by atoms with Crippen LogP contribution in [0.3, 0.4) is 0 Å². The molecule has 3 aromatic rings. The Morgan fingerprint density at radius 1 is 1.06 bits per heavy atom.